The van der Waals surface area contributed by atoms with Crippen LogP contribution in [-0.4, -0.2) is 48.7 Å². The van der Waals surface area contributed by atoms with E-state index in [1.54, 1.807) is 21.6 Å². The molecule has 0 radical (unpaired) electrons. The zero-order valence-electron chi connectivity index (χ0n) is 12.8. The van der Waals surface area contributed by atoms with Crippen LogP contribution in [-0.2, 0) is 9.59 Å². The number of carbonyl (C=O) groups is 2. The summed E-state index contributed by atoms with van der Waals surface area (Å²) in [7, 11) is 3.51. The smallest absolute Gasteiger partial charge is 0.220 e. The monoisotopic (exact) mass is 354 g/mol. The maximum absolute atomic E-state index is 11.3. The maximum Gasteiger partial charge on any atom is 0.220 e. The van der Waals surface area contributed by atoms with Gasteiger partial charge in [-0.1, -0.05) is 34.9 Å². The number of amides is 1. The molecule has 4 nitrogen and oxygen atoms in total. The lowest BCUT2D eigenvalue weighted by Gasteiger charge is -2.05. The number of ketones is 1. The average molecular weight is 355 g/mol. The minimum absolute atomic E-state index is 0.152. The standard InChI is InChI=1S/C14H27ClN2O2S2/c1-2-3-6-14(19)17-9-11-21-20-10-8-16-12-13(18)5-4-7-15/h16H,2-12H2,1H3,(H,17,19). The van der Waals surface area contributed by atoms with Crippen LogP contribution in [0.3, 0.4) is 0 Å². The Balaban J connectivity index is 3.19. The fraction of sp³-hybridized carbons (Fsp3) is 0.857. The van der Waals surface area contributed by atoms with E-state index in [4.69, 9.17) is 11.6 Å². The summed E-state index contributed by atoms with van der Waals surface area (Å²) in [6, 6.07) is 0. The van der Waals surface area contributed by atoms with E-state index in [2.05, 4.69) is 17.6 Å². The molecular formula is C14H27ClN2O2S2. The number of carbonyl (C=O) groups excluding carboxylic acids is 2. The van der Waals surface area contributed by atoms with E-state index in [9.17, 15) is 9.59 Å². The van der Waals surface area contributed by atoms with Crippen molar-refractivity contribution in [3.05, 3.63) is 0 Å². The first-order valence-corrected chi connectivity index (χ1v) is 10.5. The molecule has 0 saturated heterocycles. The van der Waals surface area contributed by atoms with Crippen molar-refractivity contribution in [2.24, 2.45) is 0 Å². The van der Waals surface area contributed by atoms with Crippen LogP contribution in [0.2, 0.25) is 0 Å². The van der Waals surface area contributed by atoms with Gasteiger partial charge in [0.2, 0.25) is 5.91 Å². The molecule has 2 N–H and O–H groups in total. The maximum atomic E-state index is 11.3. The molecule has 7 heteroatoms. The highest BCUT2D eigenvalue weighted by atomic mass is 35.5. The Morgan fingerprint density at radius 1 is 1.05 bits per heavy atom. The van der Waals surface area contributed by atoms with E-state index in [0.717, 1.165) is 43.9 Å². The molecule has 0 atom stereocenters. The summed E-state index contributed by atoms with van der Waals surface area (Å²) in [5.74, 6) is 2.80. The molecule has 0 unspecified atom stereocenters. The molecule has 0 rings (SSSR count). The molecule has 0 aliphatic heterocycles. The molecule has 1 amide bonds. The Labute approximate surface area is 141 Å². The zero-order chi connectivity index (χ0) is 15.8. The second kappa shape index (κ2) is 16.5. The van der Waals surface area contributed by atoms with E-state index in [1.807, 2.05) is 0 Å². The molecule has 0 aliphatic rings. The average Bonchev–Trinajstić information content (AvgIpc) is 2.49. The van der Waals surface area contributed by atoms with Gasteiger partial charge in [-0.3, -0.25) is 9.59 Å². The van der Waals surface area contributed by atoms with Gasteiger partial charge in [0, 0.05) is 43.3 Å². The number of hydrogen-bond acceptors (Lipinski definition) is 5. The van der Waals surface area contributed by atoms with Gasteiger partial charge in [-0.25, -0.2) is 0 Å². The highest BCUT2D eigenvalue weighted by molar-refractivity contribution is 8.76. The number of halogens is 1. The summed E-state index contributed by atoms with van der Waals surface area (Å²) in [5, 5.41) is 6.04. The van der Waals surface area contributed by atoms with Gasteiger partial charge in [-0.05, 0) is 12.8 Å². The molecule has 0 heterocycles. The largest absolute Gasteiger partial charge is 0.355 e. The summed E-state index contributed by atoms with van der Waals surface area (Å²) in [5.41, 5.74) is 0. The molecule has 124 valence electrons. The number of rotatable bonds is 15. The summed E-state index contributed by atoms with van der Waals surface area (Å²) in [6.45, 7) is 4.08. The number of hydrogen-bond donors (Lipinski definition) is 2. The van der Waals surface area contributed by atoms with E-state index in [0.29, 0.717) is 25.3 Å². The molecule has 0 saturated carbocycles. The third-order valence-electron chi connectivity index (χ3n) is 2.62. The highest BCUT2D eigenvalue weighted by Gasteiger charge is 2.01. The molecule has 0 aliphatic carbocycles. The van der Waals surface area contributed by atoms with Crippen LogP contribution in [0.4, 0.5) is 0 Å². The molecule has 0 spiro atoms. The van der Waals surface area contributed by atoms with Crippen LogP contribution in [0.5, 0.6) is 0 Å². The summed E-state index contributed by atoms with van der Waals surface area (Å²) in [6.07, 6.45) is 3.98. The van der Waals surface area contributed by atoms with Gasteiger partial charge in [0.25, 0.3) is 0 Å². The van der Waals surface area contributed by atoms with Crippen molar-refractivity contribution in [1.82, 2.24) is 10.6 Å². The fourth-order valence-electron chi connectivity index (χ4n) is 1.47. The van der Waals surface area contributed by atoms with Crippen LogP contribution in [0.15, 0.2) is 0 Å². The predicted molar refractivity (Wildman–Crippen MR) is 95.3 cm³/mol. The lowest BCUT2D eigenvalue weighted by atomic mass is 10.2. The normalized spacial score (nSPS) is 10.6. The van der Waals surface area contributed by atoms with E-state index < -0.39 is 0 Å². The molecule has 0 bridgehead atoms. The van der Waals surface area contributed by atoms with Crippen LogP contribution in [0.25, 0.3) is 0 Å². The minimum Gasteiger partial charge on any atom is -0.355 e. The predicted octanol–water partition coefficient (Wildman–Crippen LogP) is 2.85. The lowest BCUT2D eigenvalue weighted by molar-refractivity contribution is -0.121. The first-order chi connectivity index (χ1) is 10.2. The van der Waals surface area contributed by atoms with Gasteiger partial charge in [0.1, 0.15) is 5.78 Å². The topological polar surface area (TPSA) is 58.2 Å². The SMILES string of the molecule is CCCCC(=O)NCCSSCCNCC(=O)CCCCl. The van der Waals surface area contributed by atoms with Crippen molar-refractivity contribution >= 4 is 44.9 Å². The number of unbranched alkanes of at least 4 members (excludes halogenated alkanes) is 1. The first kappa shape index (κ1) is 21.1. The van der Waals surface area contributed by atoms with Gasteiger partial charge in [0.15, 0.2) is 0 Å². The fourth-order valence-corrected chi connectivity index (χ4v) is 3.46. The van der Waals surface area contributed by atoms with Crippen molar-refractivity contribution in [2.75, 3.05) is 37.0 Å². The number of Topliss-reactive ketones (excluding diaryl/α,β-unsaturated/α-hetero) is 1. The number of nitrogens with one attached hydrogen (secondary N) is 2. The molecule has 0 fully saturated rings. The molecule has 0 aromatic heterocycles. The second-order valence-electron chi connectivity index (χ2n) is 4.61. The van der Waals surface area contributed by atoms with Crippen LogP contribution < -0.4 is 10.6 Å². The second-order valence-corrected chi connectivity index (χ2v) is 7.69. The first-order valence-electron chi connectivity index (χ1n) is 7.50. The zero-order valence-corrected chi connectivity index (χ0v) is 15.2. The Hall–Kier alpha value is 0.0900. The van der Waals surface area contributed by atoms with E-state index >= 15 is 0 Å². The third kappa shape index (κ3) is 16.3. The molecule has 0 aromatic rings. The molecule has 0 aromatic carbocycles. The lowest BCUT2D eigenvalue weighted by Crippen LogP contribution is -2.25. The van der Waals surface area contributed by atoms with Crippen LogP contribution in [0, 0.1) is 0 Å². The quantitative estimate of drug-likeness (QED) is 0.269. The van der Waals surface area contributed by atoms with Gasteiger partial charge < -0.3 is 10.6 Å². The summed E-state index contributed by atoms with van der Waals surface area (Å²) < 4.78 is 0. The van der Waals surface area contributed by atoms with E-state index in [1.165, 1.54) is 0 Å². The van der Waals surface area contributed by atoms with Crippen molar-refractivity contribution in [2.45, 2.75) is 39.0 Å². The highest BCUT2D eigenvalue weighted by Crippen LogP contribution is 2.19. The minimum atomic E-state index is 0.152. The van der Waals surface area contributed by atoms with Crippen molar-refractivity contribution in [3.63, 3.8) is 0 Å². The van der Waals surface area contributed by atoms with Crippen molar-refractivity contribution < 1.29 is 9.59 Å². The Morgan fingerprint density at radius 3 is 2.43 bits per heavy atom. The Bertz CT molecular complexity index is 256. The van der Waals surface area contributed by atoms with Crippen LogP contribution >= 0.6 is 33.2 Å². The summed E-state index contributed by atoms with van der Waals surface area (Å²) in [4.78, 5) is 22.7. The Kier molecular flexibility index (Phi) is 16.5. The number of alkyl halides is 1. The van der Waals surface area contributed by atoms with Gasteiger partial charge in [0.05, 0.1) is 6.54 Å². The van der Waals surface area contributed by atoms with Gasteiger partial charge >= 0.3 is 0 Å². The van der Waals surface area contributed by atoms with E-state index in [-0.39, 0.29) is 11.7 Å². The molecular weight excluding hydrogens is 328 g/mol. The summed E-state index contributed by atoms with van der Waals surface area (Å²) >= 11 is 5.53. The van der Waals surface area contributed by atoms with Crippen LogP contribution in [0.1, 0.15) is 39.0 Å². The van der Waals surface area contributed by atoms with Crippen molar-refractivity contribution in [1.29, 1.82) is 0 Å². The Morgan fingerprint density at radius 2 is 1.76 bits per heavy atom. The van der Waals surface area contributed by atoms with Crippen molar-refractivity contribution in [3.8, 4) is 0 Å². The van der Waals surface area contributed by atoms with Gasteiger partial charge in [-0.15, -0.1) is 11.6 Å². The molecule has 21 heavy (non-hydrogen) atoms. The van der Waals surface area contributed by atoms with Gasteiger partial charge in [-0.2, -0.15) is 0 Å². The third-order valence-corrected chi connectivity index (χ3v) is 5.30.